The first kappa shape index (κ1) is 11.4. The molecule has 0 fully saturated rings. The number of benzene rings is 1. The molecule has 84 valence electrons. The highest BCUT2D eigenvalue weighted by Crippen LogP contribution is 2.31. The number of nitrogens with one attached hydrogen (secondary N) is 1. The average molecular weight is 280 g/mol. The van der Waals surface area contributed by atoms with Crippen LogP contribution in [0, 0.1) is 6.92 Å². The summed E-state index contributed by atoms with van der Waals surface area (Å²) >= 11 is 3.53. The van der Waals surface area contributed by atoms with Crippen molar-refractivity contribution in [2.45, 2.75) is 20.3 Å². The van der Waals surface area contributed by atoms with E-state index in [0.29, 0.717) is 0 Å². The van der Waals surface area contributed by atoms with E-state index in [-0.39, 0.29) is 0 Å². The Morgan fingerprint density at radius 1 is 1.44 bits per heavy atom. The Hall–Kier alpha value is -1.13. The molecule has 1 heterocycles. The van der Waals surface area contributed by atoms with E-state index < -0.39 is 0 Å². The third-order valence-electron chi connectivity index (χ3n) is 2.68. The molecule has 0 aliphatic carbocycles. The minimum absolute atomic E-state index is 0.899. The van der Waals surface area contributed by atoms with E-state index in [1.807, 2.05) is 12.1 Å². The lowest BCUT2D eigenvalue weighted by molar-refractivity contribution is 1.05. The molecular formula is C12H14BrN3. The van der Waals surface area contributed by atoms with Crippen LogP contribution in [0.1, 0.15) is 18.2 Å². The maximum atomic E-state index is 5.56. The van der Waals surface area contributed by atoms with Crippen molar-refractivity contribution in [3.63, 3.8) is 0 Å². The number of hydrazine groups is 1. The molecule has 0 bridgehead atoms. The highest BCUT2D eigenvalue weighted by molar-refractivity contribution is 9.10. The predicted molar refractivity (Wildman–Crippen MR) is 71.4 cm³/mol. The van der Waals surface area contributed by atoms with E-state index in [0.717, 1.165) is 38.7 Å². The smallest absolute Gasteiger partial charge is 0.0767 e. The van der Waals surface area contributed by atoms with Gasteiger partial charge in [-0.2, -0.15) is 0 Å². The van der Waals surface area contributed by atoms with E-state index in [9.17, 15) is 0 Å². The molecule has 0 amide bonds. The molecule has 16 heavy (non-hydrogen) atoms. The third-order valence-corrected chi connectivity index (χ3v) is 3.34. The topological polar surface area (TPSA) is 50.9 Å². The fraction of sp³-hybridized carbons (Fsp3) is 0.250. The highest BCUT2D eigenvalue weighted by Gasteiger charge is 2.09. The second-order valence-corrected chi connectivity index (χ2v) is 4.60. The molecule has 3 N–H and O–H groups in total. The molecule has 0 saturated heterocycles. The lowest BCUT2D eigenvalue weighted by atomic mass is 10.1. The minimum atomic E-state index is 0.899. The number of halogens is 1. The summed E-state index contributed by atoms with van der Waals surface area (Å²) in [5.74, 6) is 5.56. The Balaban J connectivity index is 2.88. The van der Waals surface area contributed by atoms with Crippen molar-refractivity contribution in [1.82, 2.24) is 4.98 Å². The standard InChI is InChI=1S/C12H14BrN3/c1-3-8-6-10(16-14)11-9(13)5-4-7(2)12(11)15-8/h4-6H,3,14H2,1-2H3,(H,15,16). The zero-order valence-corrected chi connectivity index (χ0v) is 10.9. The number of nitrogen functional groups attached to an aromatic ring is 1. The van der Waals surface area contributed by atoms with Crippen molar-refractivity contribution in [1.29, 1.82) is 0 Å². The Kier molecular flexibility index (Phi) is 3.12. The fourth-order valence-corrected chi connectivity index (χ4v) is 2.31. The average Bonchev–Trinajstić information content (AvgIpc) is 2.32. The van der Waals surface area contributed by atoms with Crippen LogP contribution in [-0.2, 0) is 6.42 Å². The number of fused-ring (bicyclic) bond motifs is 1. The number of aromatic nitrogens is 1. The first-order valence-electron chi connectivity index (χ1n) is 5.22. The quantitative estimate of drug-likeness (QED) is 0.656. The van der Waals surface area contributed by atoms with Crippen LogP contribution in [-0.4, -0.2) is 4.98 Å². The molecule has 3 nitrogen and oxygen atoms in total. The maximum Gasteiger partial charge on any atom is 0.0767 e. The van der Waals surface area contributed by atoms with Gasteiger partial charge in [-0.15, -0.1) is 0 Å². The van der Waals surface area contributed by atoms with Gasteiger partial charge < -0.3 is 5.43 Å². The van der Waals surface area contributed by atoms with Crippen LogP contribution in [0.4, 0.5) is 5.69 Å². The van der Waals surface area contributed by atoms with Crippen molar-refractivity contribution in [3.05, 3.63) is 33.9 Å². The zero-order valence-electron chi connectivity index (χ0n) is 9.34. The van der Waals surface area contributed by atoms with Crippen LogP contribution >= 0.6 is 15.9 Å². The van der Waals surface area contributed by atoms with Gasteiger partial charge in [0.25, 0.3) is 0 Å². The van der Waals surface area contributed by atoms with Gasteiger partial charge in [0.05, 0.1) is 11.2 Å². The Bertz CT molecular complexity index is 537. The molecule has 2 rings (SSSR count). The SMILES string of the molecule is CCc1cc(NN)c2c(Br)ccc(C)c2n1. The summed E-state index contributed by atoms with van der Waals surface area (Å²) in [6, 6.07) is 6.07. The van der Waals surface area contributed by atoms with Gasteiger partial charge in [-0.05, 0) is 31.0 Å². The minimum Gasteiger partial charge on any atom is -0.323 e. The van der Waals surface area contributed by atoms with Gasteiger partial charge in [0.1, 0.15) is 0 Å². The van der Waals surface area contributed by atoms with E-state index in [4.69, 9.17) is 5.84 Å². The molecule has 0 unspecified atom stereocenters. The number of anilines is 1. The van der Waals surface area contributed by atoms with Gasteiger partial charge in [0.2, 0.25) is 0 Å². The van der Waals surface area contributed by atoms with Gasteiger partial charge in [0.15, 0.2) is 0 Å². The van der Waals surface area contributed by atoms with Crippen LogP contribution < -0.4 is 11.3 Å². The largest absolute Gasteiger partial charge is 0.323 e. The molecule has 0 spiro atoms. The highest BCUT2D eigenvalue weighted by atomic mass is 79.9. The molecule has 2 aromatic rings. The summed E-state index contributed by atoms with van der Waals surface area (Å²) in [6.45, 7) is 4.14. The van der Waals surface area contributed by atoms with Crippen molar-refractivity contribution >= 4 is 32.5 Å². The lowest BCUT2D eigenvalue weighted by Gasteiger charge is -2.11. The number of nitrogens with two attached hydrogens (primary N) is 1. The van der Waals surface area contributed by atoms with Crippen LogP contribution in [0.15, 0.2) is 22.7 Å². The number of hydrogen-bond acceptors (Lipinski definition) is 3. The second-order valence-electron chi connectivity index (χ2n) is 3.75. The van der Waals surface area contributed by atoms with Gasteiger partial charge in [0, 0.05) is 15.6 Å². The maximum absolute atomic E-state index is 5.56. The summed E-state index contributed by atoms with van der Waals surface area (Å²) in [5.41, 5.74) is 6.86. The predicted octanol–water partition coefficient (Wildman–Crippen LogP) is 3.15. The van der Waals surface area contributed by atoms with Gasteiger partial charge in [-0.25, -0.2) is 0 Å². The van der Waals surface area contributed by atoms with Crippen LogP contribution in [0.25, 0.3) is 10.9 Å². The number of nitrogens with zero attached hydrogens (tertiary/aromatic N) is 1. The van der Waals surface area contributed by atoms with Gasteiger partial charge in [-0.3, -0.25) is 10.8 Å². The summed E-state index contributed by atoms with van der Waals surface area (Å²) < 4.78 is 1.01. The second kappa shape index (κ2) is 4.39. The number of pyridine rings is 1. The Labute approximate surface area is 103 Å². The normalized spacial score (nSPS) is 10.8. The van der Waals surface area contributed by atoms with Gasteiger partial charge >= 0.3 is 0 Å². The fourth-order valence-electron chi connectivity index (χ4n) is 1.78. The number of aryl methyl sites for hydroxylation is 2. The molecule has 0 aliphatic heterocycles. The lowest BCUT2D eigenvalue weighted by Crippen LogP contribution is -2.09. The van der Waals surface area contributed by atoms with Crippen molar-refractivity contribution < 1.29 is 0 Å². The summed E-state index contributed by atoms with van der Waals surface area (Å²) in [4.78, 5) is 4.64. The van der Waals surface area contributed by atoms with E-state index >= 15 is 0 Å². The Morgan fingerprint density at radius 2 is 2.19 bits per heavy atom. The van der Waals surface area contributed by atoms with E-state index in [2.05, 4.69) is 46.3 Å². The number of rotatable bonds is 2. The number of hydrogen-bond donors (Lipinski definition) is 2. The molecule has 1 aromatic heterocycles. The molecule has 0 radical (unpaired) electrons. The third kappa shape index (κ3) is 1.79. The van der Waals surface area contributed by atoms with Gasteiger partial charge in [-0.1, -0.05) is 28.9 Å². The molecule has 0 aliphatic rings. The van der Waals surface area contributed by atoms with Crippen molar-refractivity contribution in [2.24, 2.45) is 5.84 Å². The Morgan fingerprint density at radius 3 is 2.81 bits per heavy atom. The van der Waals surface area contributed by atoms with E-state index in [1.165, 1.54) is 0 Å². The molecular weight excluding hydrogens is 266 g/mol. The first-order valence-corrected chi connectivity index (χ1v) is 6.02. The summed E-state index contributed by atoms with van der Waals surface area (Å²) in [5, 5.41) is 1.04. The monoisotopic (exact) mass is 279 g/mol. The van der Waals surface area contributed by atoms with Crippen molar-refractivity contribution in [2.75, 3.05) is 5.43 Å². The first-order chi connectivity index (χ1) is 7.67. The molecule has 1 aromatic carbocycles. The zero-order chi connectivity index (χ0) is 11.7. The van der Waals surface area contributed by atoms with E-state index in [1.54, 1.807) is 0 Å². The molecule has 0 saturated carbocycles. The summed E-state index contributed by atoms with van der Waals surface area (Å²) in [6.07, 6.45) is 0.899. The van der Waals surface area contributed by atoms with Crippen molar-refractivity contribution in [3.8, 4) is 0 Å². The molecule has 0 atom stereocenters. The summed E-state index contributed by atoms with van der Waals surface area (Å²) in [7, 11) is 0. The molecule has 4 heteroatoms. The van der Waals surface area contributed by atoms with Crippen LogP contribution in [0.2, 0.25) is 0 Å². The van der Waals surface area contributed by atoms with Crippen LogP contribution in [0.3, 0.4) is 0 Å². The van der Waals surface area contributed by atoms with Crippen LogP contribution in [0.5, 0.6) is 0 Å².